The number of aliphatic hydroxyl groups excluding tert-OH is 1. The predicted octanol–water partition coefficient (Wildman–Crippen LogP) is 2.42. The zero-order valence-electron chi connectivity index (χ0n) is 14.1. The predicted molar refractivity (Wildman–Crippen MR) is 95.2 cm³/mol. The number of fused-ring (bicyclic) bond motifs is 1. The van der Waals surface area contributed by atoms with E-state index in [1.165, 1.54) is 12.1 Å². The highest BCUT2D eigenvalue weighted by atomic mass is 19.1. The summed E-state index contributed by atoms with van der Waals surface area (Å²) in [4.78, 5) is 16.5. The van der Waals surface area contributed by atoms with Crippen molar-refractivity contribution in [2.45, 2.75) is 13.1 Å². The third-order valence-corrected chi connectivity index (χ3v) is 4.26. The smallest absolute Gasteiger partial charge is 0.274 e. The molecule has 0 aliphatic rings. The van der Waals surface area contributed by atoms with E-state index in [9.17, 15) is 14.3 Å². The fourth-order valence-electron chi connectivity index (χ4n) is 2.96. The number of H-pyrrole nitrogens is 1. The molecule has 0 bridgehead atoms. The lowest BCUT2D eigenvalue weighted by Crippen LogP contribution is -2.26. The van der Waals surface area contributed by atoms with Crippen molar-refractivity contribution in [1.82, 2.24) is 15.4 Å². The Bertz CT molecular complexity index is 893. The van der Waals surface area contributed by atoms with E-state index in [-0.39, 0.29) is 12.4 Å². The third-order valence-electron chi connectivity index (χ3n) is 4.26. The normalized spacial score (nSPS) is 11.2. The van der Waals surface area contributed by atoms with Gasteiger partial charge in [0.2, 0.25) is 0 Å². The number of carbonyl (C=O) groups excluding carboxylic acids is 1. The molecule has 0 spiro atoms. The van der Waals surface area contributed by atoms with Crippen molar-refractivity contribution in [1.29, 1.82) is 0 Å². The number of benzene rings is 2. The SMILES string of the molecule is O=C(NO)c1ccc(CN(CCO)Cc2c[nH]c3ccc(F)cc23)cc1. The maximum absolute atomic E-state index is 13.5. The number of hydroxylamine groups is 1. The van der Waals surface area contributed by atoms with Gasteiger partial charge in [0, 0.05) is 42.3 Å². The fourth-order valence-corrected chi connectivity index (χ4v) is 2.96. The molecule has 0 saturated heterocycles. The lowest BCUT2D eigenvalue weighted by atomic mass is 10.1. The molecule has 1 aromatic heterocycles. The summed E-state index contributed by atoms with van der Waals surface area (Å²) in [5.41, 5.74) is 4.73. The number of hydrogen-bond acceptors (Lipinski definition) is 4. The zero-order valence-corrected chi connectivity index (χ0v) is 14.1. The van der Waals surface area contributed by atoms with E-state index in [0.717, 1.165) is 22.0 Å². The highest BCUT2D eigenvalue weighted by Gasteiger charge is 2.12. The number of amides is 1. The molecule has 0 saturated carbocycles. The minimum atomic E-state index is -0.565. The molecule has 0 unspecified atom stereocenters. The van der Waals surface area contributed by atoms with Crippen LogP contribution in [-0.2, 0) is 13.1 Å². The summed E-state index contributed by atoms with van der Waals surface area (Å²) in [6.07, 6.45) is 1.85. The number of nitrogens with zero attached hydrogens (tertiary/aromatic N) is 1. The van der Waals surface area contributed by atoms with Crippen LogP contribution in [0, 0.1) is 5.82 Å². The molecule has 0 aliphatic heterocycles. The van der Waals surface area contributed by atoms with Gasteiger partial charge in [0.25, 0.3) is 5.91 Å². The molecule has 4 N–H and O–H groups in total. The molecule has 136 valence electrons. The van der Waals surface area contributed by atoms with Gasteiger partial charge >= 0.3 is 0 Å². The van der Waals surface area contributed by atoms with E-state index >= 15 is 0 Å². The van der Waals surface area contributed by atoms with Gasteiger partial charge in [-0.15, -0.1) is 0 Å². The highest BCUT2D eigenvalue weighted by Crippen LogP contribution is 2.21. The van der Waals surface area contributed by atoms with Crippen LogP contribution in [0.4, 0.5) is 4.39 Å². The largest absolute Gasteiger partial charge is 0.395 e. The summed E-state index contributed by atoms with van der Waals surface area (Å²) in [5.74, 6) is -0.852. The summed E-state index contributed by atoms with van der Waals surface area (Å²) in [5, 5.41) is 18.8. The Hall–Kier alpha value is -2.74. The Morgan fingerprint density at radius 1 is 1.15 bits per heavy atom. The molecule has 0 aliphatic carbocycles. The Labute approximate surface area is 149 Å². The maximum Gasteiger partial charge on any atom is 0.274 e. The van der Waals surface area contributed by atoms with Crippen molar-refractivity contribution in [3.05, 3.63) is 71.2 Å². The Morgan fingerprint density at radius 2 is 1.92 bits per heavy atom. The van der Waals surface area contributed by atoms with Crippen LogP contribution in [-0.4, -0.2) is 39.3 Å². The lowest BCUT2D eigenvalue weighted by Gasteiger charge is -2.21. The summed E-state index contributed by atoms with van der Waals surface area (Å²) >= 11 is 0. The molecule has 0 radical (unpaired) electrons. The van der Waals surface area contributed by atoms with Crippen LogP contribution in [0.25, 0.3) is 10.9 Å². The molecule has 0 atom stereocenters. The van der Waals surface area contributed by atoms with Crippen LogP contribution >= 0.6 is 0 Å². The third kappa shape index (κ3) is 4.08. The Balaban J connectivity index is 1.76. The van der Waals surface area contributed by atoms with Gasteiger partial charge in [0.1, 0.15) is 5.82 Å². The van der Waals surface area contributed by atoms with Crippen molar-refractivity contribution >= 4 is 16.8 Å². The summed E-state index contributed by atoms with van der Waals surface area (Å²) in [7, 11) is 0. The number of halogens is 1. The van der Waals surface area contributed by atoms with Gasteiger partial charge in [-0.05, 0) is 41.5 Å². The minimum Gasteiger partial charge on any atom is -0.395 e. The maximum atomic E-state index is 13.5. The van der Waals surface area contributed by atoms with Gasteiger partial charge in [-0.1, -0.05) is 12.1 Å². The van der Waals surface area contributed by atoms with Crippen LogP contribution < -0.4 is 5.48 Å². The van der Waals surface area contributed by atoms with Gasteiger partial charge in [-0.25, -0.2) is 9.87 Å². The number of aromatic amines is 1. The molecule has 1 heterocycles. The number of rotatable bonds is 7. The van der Waals surface area contributed by atoms with Crippen molar-refractivity contribution in [3.8, 4) is 0 Å². The van der Waals surface area contributed by atoms with E-state index in [1.807, 2.05) is 11.1 Å². The van der Waals surface area contributed by atoms with Crippen LogP contribution in [0.15, 0.2) is 48.7 Å². The summed E-state index contributed by atoms with van der Waals surface area (Å²) in [6.45, 7) is 1.56. The van der Waals surface area contributed by atoms with Crippen molar-refractivity contribution in [2.75, 3.05) is 13.2 Å². The highest BCUT2D eigenvalue weighted by molar-refractivity contribution is 5.93. The van der Waals surface area contributed by atoms with Crippen LogP contribution in [0.5, 0.6) is 0 Å². The Kier molecular flexibility index (Phi) is 5.62. The number of hydrogen-bond donors (Lipinski definition) is 4. The first-order valence-corrected chi connectivity index (χ1v) is 8.23. The average molecular weight is 357 g/mol. The standard InChI is InChI=1S/C19H20FN3O3/c20-16-5-6-18-17(9-16)15(10-21-18)12-23(7-8-24)11-13-1-3-14(4-2-13)19(25)22-26/h1-6,9-10,21,24,26H,7-8,11-12H2,(H,22,25). The van der Waals surface area contributed by atoms with Gasteiger partial charge in [-0.2, -0.15) is 0 Å². The minimum absolute atomic E-state index is 0.00170. The second-order valence-electron chi connectivity index (χ2n) is 6.08. The van der Waals surface area contributed by atoms with Crippen molar-refractivity contribution < 1.29 is 19.5 Å². The van der Waals surface area contributed by atoms with Gasteiger partial charge < -0.3 is 10.1 Å². The molecular formula is C19H20FN3O3. The van der Waals surface area contributed by atoms with E-state index < -0.39 is 5.91 Å². The van der Waals surface area contributed by atoms with E-state index in [0.29, 0.717) is 25.2 Å². The van der Waals surface area contributed by atoms with E-state index in [2.05, 4.69) is 4.98 Å². The zero-order chi connectivity index (χ0) is 18.5. The molecule has 0 fully saturated rings. The summed E-state index contributed by atoms with van der Waals surface area (Å²) < 4.78 is 13.5. The van der Waals surface area contributed by atoms with Crippen molar-refractivity contribution in [3.63, 3.8) is 0 Å². The van der Waals surface area contributed by atoms with E-state index in [4.69, 9.17) is 5.21 Å². The molecule has 7 heteroatoms. The van der Waals surface area contributed by atoms with Crippen LogP contribution in [0.1, 0.15) is 21.5 Å². The average Bonchev–Trinajstić information content (AvgIpc) is 3.04. The first-order valence-electron chi connectivity index (χ1n) is 8.23. The molecule has 3 rings (SSSR count). The topological polar surface area (TPSA) is 88.6 Å². The second-order valence-corrected chi connectivity index (χ2v) is 6.08. The second kappa shape index (κ2) is 8.09. The van der Waals surface area contributed by atoms with Crippen LogP contribution in [0.3, 0.4) is 0 Å². The summed E-state index contributed by atoms with van der Waals surface area (Å²) in [6, 6.07) is 11.5. The van der Waals surface area contributed by atoms with Gasteiger partial charge in [0.05, 0.1) is 6.61 Å². The van der Waals surface area contributed by atoms with Gasteiger partial charge in [0.15, 0.2) is 0 Å². The number of nitrogens with one attached hydrogen (secondary N) is 2. The molecule has 1 amide bonds. The Morgan fingerprint density at radius 3 is 2.62 bits per heavy atom. The number of aromatic nitrogens is 1. The molecule has 6 nitrogen and oxygen atoms in total. The monoisotopic (exact) mass is 357 g/mol. The lowest BCUT2D eigenvalue weighted by molar-refractivity contribution is 0.0706. The quantitative estimate of drug-likeness (QED) is 0.386. The van der Waals surface area contributed by atoms with Crippen molar-refractivity contribution in [2.24, 2.45) is 0 Å². The molecule has 26 heavy (non-hydrogen) atoms. The first kappa shape index (κ1) is 18.1. The number of carbonyl (C=O) groups is 1. The first-order chi connectivity index (χ1) is 12.6. The fraction of sp³-hybridized carbons (Fsp3) is 0.211. The molecular weight excluding hydrogens is 337 g/mol. The molecule has 3 aromatic rings. The molecule has 2 aromatic carbocycles. The number of aliphatic hydroxyl groups is 1. The van der Waals surface area contributed by atoms with Gasteiger partial charge in [-0.3, -0.25) is 14.9 Å². The van der Waals surface area contributed by atoms with Crippen LogP contribution in [0.2, 0.25) is 0 Å². The van der Waals surface area contributed by atoms with E-state index in [1.54, 1.807) is 35.8 Å².